The van der Waals surface area contributed by atoms with Crippen LogP contribution in [0.3, 0.4) is 0 Å². The maximum Gasteiger partial charge on any atom is 0.263 e. The highest BCUT2D eigenvalue weighted by atomic mass is 32.2. The number of rotatable bonds is 7. The average molecular weight is 447 g/mol. The van der Waals surface area contributed by atoms with E-state index in [1.54, 1.807) is 24.0 Å². The zero-order valence-electron chi connectivity index (χ0n) is 18.4. The molecule has 1 amide bonds. The summed E-state index contributed by atoms with van der Waals surface area (Å²) in [6, 6.07) is 11.8. The minimum atomic E-state index is -3.77. The lowest BCUT2D eigenvalue weighted by molar-refractivity contribution is -0.142. The van der Waals surface area contributed by atoms with Gasteiger partial charge in [-0.15, -0.1) is 0 Å². The summed E-state index contributed by atoms with van der Waals surface area (Å²) >= 11 is 0. The molecule has 8 heteroatoms. The van der Waals surface area contributed by atoms with Crippen LogP contribution < -0.4 is 9.46 Å². The van der Waals surface area contributed by atoms with Crippen LogP contribution in [0.2, 0.25) is 0 Å². The van der Waals surface area contributed by atoms with Gasteiger partial charge in [0.05, 0.1) is 23.8 Å². The Labute approximate surface area is 184 Å². The topological polar surface area (TPSA) is 84.9 Å². The predicted octanol–water partition coefficient (Wildman–Crippen LogP) is 3.55. The van der Waals surface area contributed by atoms with Gasteiger partial charge in [0.15, 0.2) is 6.10 Å². The van der Waals surface area contributed by atoms with Crippen molar-refractivity contribution in [3.05, 3.63) is 53.6 Å². The number of amides is 1. The van der Waals surface area contributed by atoms with Gasteiger partial charge in [-0.05, 0) is 55.2 Å². The molecule has 1 heterocycles. The van der Waals surface area contributed by atoms with E-state index < -0.39 is 16.1 Å². The molecular formula is C23H30N2O5S. The van der Waals surface area contributed by atoms with E-state index in [0.717, 1.165) is 11.1 Å². The van der Waals surface area contributed by atoms with Crippen LogP contribution in [-0.2, 0) is 19.6 Å². The smallest absolute Gasteiger partial charge is 0.263 e. The molecule has 0 spiro atoms. The number of nitrogens with one attached hydrogen (secondary N) is 1. The van der Waals surface area contributed by atoms with E-state index in [0.29, 0.717) is 37.7 Å². The Bertz CT molecular complexity index is 1010. The summed E-state index contributed by atoms with van der Waals surface area (Å²) in [4.78, 5) is 14.3. The first-order valence-corrected chi connectivity index (χ1v) is 11.9. The molecule has 168 valence electrons. The Balaban J connectivity index is 1.71. The lowest BCUT2D eigenvalue weighted by Gasteiger charge is -2.29. The van der Waals surface area contributed by atoms with Gasteiger partial charge in [0.2, 0.25) is 0 Å². The number of para-hydroxylation sites is 1. The number of hydrogen-bond acceptors (Lipinski definition) is 5. The molecule has 1 saturated heterocycles. The number of sulfonamides is 1. The normalized spacial score (nSPS) is 15.6. The Morgan fingerprint density at radius 1 is 1.06 bits per heavy atom. The van der Waals surface area contributed by atoms with Gasteiger partial charge < -0.3 is 14.4 Å². The Morgan fingerprint density at radius 2 is 1.71 bits per heavy atom. The van der Waals surface area contributed by atoms with E-state index in [-0.39, 0.29) is 16.7 Å². The highest BCUT2D eigenvalue weighted by molar-refractivity contribution is 7.92. The number of carbonyl (C=O) groups excluding carboxylic acids is 1. The predicted molar refractivity (Wildman–Crippen MR) is 120 cm³/mol. The van der Waals surface area contributed by atoms with Gasteiger partial charge in [0.1, 0.15) is 5.75 Å². The fraction of sp³-hybridized carbons (Fsp3) is 0.435. The lowest BCUT2D eigenvalue weighted by atomic mass is 9.99. The molecule has 31 heavy (non-hydrogen) atoms. The quantitative estimate of drug-likeness (QED) is 0.703. The summed E-state index contributed by atoms with van der Waals surface area (Å²) in [6.07, 6.45) is -0.667. The van der Waals surface area contributed by atoms with E-state index in [2.05, 4.69) is 4.72 Å². The zero-order chi connectivity index (χ0) is 22.6. The number of carbonyl (C=O) groups is 1. The Hall–Kier alpha value is -2.58. The maximum absolute atomic E-state index is 13.0. The largest absolute Gasteiger partial charge is 0.481 e. The van der Waals surface area contributed by atoms with Gasteiger partial charge in [-0.1, -0.05) is 32.0 Å². The van der Waals surface area contributed by atoms with Crippen LogP contribution in [0.25, 0.3) is 0 Å². The molecule has 2 aromatic carbocycles. The SMILES string of the molecule is Cc1cccc(C(C)C)c1NS(=O)(=O)c1ccc(O[C@@H](C)C(=O)N2CCOCC2)cc1. The van der Waals surface area contributed by atoms with Crippen molar-refractivity contribution < 1.29 is 22.7 Å². The zero-order valence-corrected chi connectivity index (χ0v) is 19.2. The van der Waals surface area contributed by atoms with Crippen molar-refractivity contribution in [1.82, 2.24) is 4.90 Å². The molecule has 0 saturated carbocycles. The average Bonchev–Trinajstić information content (AvgIpc) is 2.75. The molecule has 1 aliphatic rings. The third kappa shape index (κ3) is 5.57. The number of morpholine rings is 1. The summed E-state index contributed by atoms with van der Waals surface area (Å²) in [7, 11) is -3.77. The summed E-state index contributed by atoms with van der Waals surface area (Å²) < 4.78 is 39.6. The minimum absolute atomic E-state index is 0.109. The first kappa shape index (κ1) is 23.1. The van der Waals surface area contributed by atoms with Crippen LogP contribution in [0.5, 0.6) is 5.75 Å². The molecule has 0 radical (unpaired) electrons. The second kappa shape index (κ2) is 9.70. The van der Waals surface area contributed by atoms with Crippen LogP contribution in [0.1, 0.15) is 37.8 Å². The van der Waals surface area contributed by atoms with Gasteiger partial charge in [-0.2, -0.15) is 0 Å². The van der Waals surface area contributed by atoms with Crippen molar-refractivity contribution in [2.75, 3.05) is 31.0 Å². The number of nitrogens with zero attached hydrogens (tertiary/aromatic N) is 1. The van der Waals surface area contributed by atoms with Crippen molar-refractivity contribution in [1.29, 1.82) is 0 Å². The molecule has 7 nitrogen and oxygen atoms in total. The number of benzene rings is 2. The van der Waals surface area contributed by atoms with Crippen LogP contribution in [0, 0.1) is 6.92 Å². The number of hydrogen-bond donors (Lipinski definition) is 1. The van der Waals surface area contributed by atoms with Crippen molar-refractivity contribution >= 4 is 21.6 Å². The first-order valence-electron chi connectivity index (χ1n) is 10.4. The van der Waals surface area contributed by atoms with Gasteiger partial charge >= 0.3 is 0 Å². The van der Waals surface area contributed by atoms with Gasteiger partial charge in [0, 0.05) is 13.1 Å². The minimum Gasteiger partial charge on any atom is -0.481 e. The fourth-order valence-corrected chi connectivity index (χ4v) is 4.66. The molecule has 1 aliphatic heterocycles. The second-order valence-corrected chi connectivity index (χ2v) is 9.65. The van der Waals surface area contributed by atoms with Crippen molar-refractivity contribution in [3.8, 4) is 5.75 Å². The monoisotopic (exact) mass is 446 g/mol. The van der Waals surface area contributed by atoms with Crippen LogP contribution in [-0.4, -0.2) is 51.6 Å². The highest BCUT2D eigenvalue weighted by Gasteiger charge is 2.24. The summed E-state index contributed by atoms with van der Waals surface area (Å²) in [6.45, 7) is 9.77. The van der Waals surface area contributed by atoms with Crippen molar-refractivity contribution in [3.63, 3.8) is 0 Å². The van der Waals surface area contributed by atoms with Gasteiger partial charge in [-0.25, -0.2) is 8.42 Å². The van der Waals surface area contributed by atoms with Gasteiger partial charge in [0.25, 0.3) is 15.9 Å². The number of aryl methyl sites for hydroxylation is 1. The molecular weight excluding hydrogens is 416 g/mol. The molecule has 0 unspecified atom stereocenters. The van der Waals surface area contributed by atoms with Crippen LogP contribution in [0.15, 0.2) is 47.4 Å². The van der Waals surface area contributed by atoms with E-state index >= 15 is 0 Å². The van der Waals surface area contributed by atoms with E-state index in [4.69, 9.17) is 9.47 Å². The Kier molecular flexibility index (Phi) is 7.23. The molecule has 1 N–H and O–H groups in total. The highest BCUT2D eigenvalue weighted by Crippen LogP contribution is 2.30. The summed E-state index contributed by atoms with van der Waals surface area (Å²) in [5.74, 6) is 0.508. The molecule has 3 rings (SSSR count). The Morgan fingerprint density at radius 3 is 2.32 bits per heavy atom. The molecule has 0 aromatic heterocycles. The second-order valence-electron chi connectivity index (χ2n) is 7.97. The molecule has 0 aliphatic carbocycles. The molecule has 1 atom stereocenters. The number of ether oxygens (including phenoxy) is 2. The summed E-state index contributed by atoms with van der Waals surface area (Å²) in [5.41, 5.74) is 2.42. The maximum atomic E-state index is 13.0. The molecule has 2 aromatic rings. The summed E-state index contributed by atoms with van der Waals surface area (Å²) in [5, 5.41) is 0. The van der Waals surface area contributed by atoms with Crippen molar-refractivity contribution in [2.45, 2.75) is 44.6 Å². The van der Waals surface area contributed by atoms with Crippen LogP contribution in [0.4, 0.5) is 5.69 Å². The first-order chi connectivity index (χ1) is 14.7. The number of anilines is 1. The third-order valence-corrected chi connectivity index (χ3v) is 6.65. The standard InChI is InChI=1S/C23H30N2O5S/c1-16(2)21-7-5-6-17(3)22(21)24-31(27,28)20-10-8-19(9-11-20)30-18(4)23(26)25-12-14-29-15-13-25/h5-11,16,18,24H,12-15H2,1-4H3/t18-/m0/s1. The van der Waals surface area contributed by atoms with Gasteiger partial charge in [-0.3, -0.25) is 9.52 Å². The molecule has 0 bridgehead atoms. The van der Waals surface area contributed by atoms with E-state index in [9.17, 15) is 13.2 Å². The molecule has 1 fully saturated rings. The van der Waals surface area contributed by atoms with Crippen molar-refractivity contribution in [2.24, 2.45) is 0 Å². The fourth-order valence-electron chi connectivity index (χ4n) is 3.50. The van der Waals surface area contributed by atoms with E-state index in [1.807, 2.05) is 39.0 Å². The third-order valence-electron chi connectivity index (χ3n) is 5.28. The van der Waals surface area contributed by atoms with E-state index in [1.165, 1.54) is 12.1 Å². The van der Waals surface area contributed by atoms with Crippen LogP contribution >= 0.6 is 0 Å². The lowest BCUT2D eigenvalue weighted by Crippen LogP contribution is -2.46.